The van der Waals surface area contributed by atoms with Crippen molar-refractivity contribution in [2.24, 2.45) is 11.7 Å². The number of hydrogen-bond acceptors (Lipinski definition) is 3. The second-order valence-electron chi connectivity index (χ2n) is 4.47. The van der Waals surface area contributed by atoms with E-state index in [4.69, 9.17) is 10.5 Å². The minimum atomic E-state index is 0.420. The van der Waals surface area contributed by atoms with Crippen LogP contribution in [0.3, 0.4) is 0 Å². The highest BCUT2D eigenvalue weighted by Gasteiger charge is 2.14. The van der Waals surface area contributed by atoms with E-state index in [1.165, 1.54) is 30.6 Å². The molecule has 2 N–H and O–H groups in total. The van der Waals surface area contributed by atoms with Gasteiger partial charge in [-0.25, -0.2) is 0 Å². The van der Waals surface area contributed by atoms with E-state index in [1.807, 2.05) is 0 Å². The van der Waals surface area contributed by atoms with Gasteiger partial charge in [0.15, 0.2) is 0 Å². The molecule has 2 rings (SSSR count). The molecule has 0 aliphatic heterocycles. The zero-order valence-electron chi connectivity index (χ0n) is 10.1. The maximum absolute atomic E-state index is 5.76. The van der Waals surface area contributed by atoms with Gasteiger partial charge in [-0.05, 0) is 24.8 Å². The van der Waals surface area contributed by atoms with Crippen molar-refractivity contribution in [2.45, 2.75) is 32.3 Å². The molecule has 2 nitrogen and oxygen atoms in total. The van der Waals surface area contributed by atoms with Crippen LogP contribution in [0.15, 0.2) is 11.4 Å². The lowest BCUT2D eigenvalue weighted by Gasteiger charge is -2.08. The molecule has 1 fully saturated rings. The van der Waals surface area contributed by atoms with Gasteiger partial charge in [0, 0.05) is 22.4 Å². The van der Waals surface area contributed by atoms with Crippen LogP contribution in [0.4, 0.5) is 0 Å². The van der Waals surface area contributed by atoms with Crippen molar-refractivity contribution in [3.8, 4) is 11.8 Å². The highest BCUT2D eigenvalue weighted by atomic mass is 32.1. The molecule has 17 heavy (non-hydrogen) atoms. The summed E-state index contributed by atoms with van der Waals surface area (Å²) in [4.78, 5) is 1.25. The molecule has 0 spiro atoms. The molecule has 0 amide bonds. The number of rotatable bonds is 4. The Labute approximate surface area is 107 Å². The molecule has 1 aromatic heterocycles. The van der Waals surface area contributed by atoms with Gasteiger partial charge >= 0.3 is 0 Å². The highest BCUT2D eigenvalue weighted by Crippen LogP contribution is 2.25. The molecule has 1 aliphatic rings. The van der Waals surface area contributed by atoms with Crippen molar-refractivity contribution in [3.63, 3.8) is 0 Å². The molecule has 1 aromatic rings. The summed E-state index contributed by atoms with van der Waals surface area (Å²) in [6, 6.07) is 2.10. The van der Waals surface area contributed by atoms with E-state index in [2.05, 4.69) is 23.3 Å². The first-order valence-corrected chi connectivity index (χ1v) is 7.10. The molecule has 0 aromatic carbocycles. The fraction of sp³-hybridized carbons (Fsp3) is 0.571. The summed E-state index contributed by atoms with van der Waals surface area (Å²) in [5.41, 5.74) is 6.39. The van der Waals surface area contributed by atoms with Crippen LogP contribution in [0.5, 0.6) is 0 Å². The molecular weight excluding hydrogens is 230 g/mol. The third kappa shape index (κ3) is 4.16. The molecule has 92 valence electrons. The quantitative estimate of drug-likeness (QED) is 0.833. The molecule has 0 saturated heterocycles. The third-order valence-electron chi connectivity index (χ3n) is 3.06. The van der Waals surface area contributed by atoms with Crippen LogP contribution in [0, 0.1) is 17.8 Å². The largest absolute Gasteiger partial charge is 0.376 e. The zero-order chi connectivity index (χ0) is 11.9. The van der Waals surface area contributed by atoms with Crippen LogP contribution in [-0.4, -0.2) is 13.2 Å². The Bertz CT molecular complexity index is 396. The van der Waals surface area contributed by atoms with E-state index in [1.54, 1.807) is 11.3 Å². The zero-order valence-corrected chi connectivity index (χ0v) is 10.9. The fourth-order valence-electron chi connectivity index (χ4n) is 2.18. The maximum atomic E-state index is 5.76. The smallest absolute Gasteiger partial charge is 0.0809 e. The van der Waals surface area contributed by atoms with Crippen LogP contribution in [0.2, 0.25) is 0 Å². The molecule has 0 atom stereocenters. The predicted octanol–water partition coefficient (Wildman–Crippen LogP) is 2.77. The van der Waals surface area contributed by atoms with Crippen LogP contribution in [0.1, 0.15) is 36.1 Å². The molecule has 0 bridgehead atoms. The van der Waals surface area contributed by atoms with Gasteiger partial charge < -0.3 is 10.5 Å². The summed E-state index contributed by atoms with van der Waals surface area (Å²) < 4.78 is 5.76. The SMILES string of the molecule is NCC#Cc1csc(COCC2CCCC2)c1. The van der Waals surface area contributed by atoms with Crippen molar-refractivity contribution in [2.75, 3.05) is 13.2 Å². The maximum Gasteiger partial charge on any atom is 0.0809 e. The Hall–Kier alpha value is -0.820. The first-order chi connectivity index (χ1) is 8.38. The molecule has 1 heterocycles. The molecule has 3 heteroatoms. The van der Waals surface area contributed by atoms with Gasteiger partial charge in [0.2, 0.25) is 0 Å². The second kappa shape index (κ2) is 6.80. The van der Waals surface area contributed by atoms with E-state index < -0.39 is 0 Å². The first-order valence-electron chi connectivity index (χ1n) is 6.22. The molecule has 1 saturated carbocycles. The van der Waals surface area contributed by atoms with Crippen LogP contribution >= 0.6 is 11.3 Å². The summed E-state index contributed by atoms with van der Waals surface area (Å²) in [6.07, 6.45) is 5.45. The normalized spacial score (nSPS) is 15.8. The van der Waals surface area contributed by atoms with Crippen molar-refractivity contribution < 1.29 is 4.74 Å². The van der Waals surface area contributed by atoms with Gasteiger partial charge in [-0.2, -0.15) is 0 Å². The standard InChI is InChI=1S/C14H19NOS/c15-7-3-6-13-8-14(17-11-13)10-16-9-12-4-1-2-5-12/h8,11-12H,1-2,4-5,7,9-10,15H2. The summed E-state index contributed by atoms with van der Waals surface area (Å²) in [5, 5.41) is 2.07. The van der Waals surface area contributed by atoms with Gasteiger partial charge in [-0.15, -0.1) is 11.3 Å². The summed E-state index contributed by atoms with van der Waals surface area (Å²) in [7, 11) is 0. The monoisotopic (exact) mass is 249 g/mol. The van der Waals surface area contributed by atoms with E-state index in [0.717, 1.165) is 24.7 Å². The summed E-state index contributed by atoms with van der Waals surface area (Å²) in [6.45, 7) is 2.07. The third-order valence-corrected chi connectivity index (χ3v) is 3.97. The van der Waals surface area contributed by atoms with Gasteiger partial charge in [-0.1, -0.05) is 24.7 Å². The Morgan fingerprint density at radius 2 is 2.24 bits per heavy atom. The van der Waals surface area contributed by atoms with E-state index in [0.29, 0.717) is 6.54 Å². The molecule has 0 unspecified atom stereocenters. The van der Waals surface area contributed by atoms with Gasteiger partial charge in [0.05, 0.1) is 13.2 Å². The summed E-state index contributed by atoms with van der Waals surface area (Å²) >= 11 is 1.71. The van der Waals surface area contributed by atoms with Gasteiger partial charge in [-0.3, -0.25) is 0 Å². The predicted molar refractivity (Wildman–Crippen MR) is 71.9 cm³/mol. The average molecular weight is 249 g/mol. The lowest BCUT2D eigenvalue weighted by atomic mass is 10.1. The summed E-state index contributed by atoms with van der Waals surface area (Å²) in [5.74, 6) is 6.70. The van der Waals surface area contributed by atoms with Crippen molar-refractivity contribution >= 4 is 11.3 Å². The Morgan fingerprint density at radius 3 is 3.00 bits per heavy atom. The molecular formula is C14H19NOS. The Morgan fingerprint density at radius 1 is 1.41 bits per heavy atom. The average Bonchev–Trinajstić information content (AvgIpc) is 2.98. The van der Waals surface area contributed by atoms with Crippen molar-refractivity contribution in [1.82, 2.24) is 0 Å². The highest BCUT2D eigenvalue weighted by molar-refractivity contribution is 7.10. The fourth-order valence-corrected chi connectivity index (χ4v) is 2.93. The molecule has 1 aliphatic carbocycles. The molecule has 0 radical (unpaired) electrons. The van der Waals surface area contributed by atoms with Crippen molar-refractivity contribution in [1.29, 1.82) is 0 Å². The lowest BCUT2D eigenvalue weighted by Crippen LogP contribution is -2.04. The Balaban J connectivity index is 1.73. The minimum Gasteiger partial charge on any atom is -0.376 e. The lowest BCUT2D eigenvalue weighted by molar-refractivity contribution is 0.0906. The minimum absolute atomic E-state index is 0.420. The Kier molecular flexibility index (Phi) is 5.06. The van der Waals surface area contributed by atoms with E-state index in [-0.39, 0.29) is 0 Å². The van der Waals surface area contributed by atoms with E-state index >= 15 is 0 Å². The second-order valence-corrected chi connectivity index (χ2v) is 5.47. The van der Waals surface area contributed by atoms with Gasteiger partial charge in [0.25, 0.3) is 0 Å². The van der Waals surface area contributed by atoms with Crippen LogP contribution < -0.4 is 5.73 Å². The number of hydrogen-bond donors (Lipinski definition) is 1. The van der Waals surface area contributed by atoms with Gasteiger partial charge in [0.1, 0.15) is 0 Å². The van der Waals surface area contributed by atoms with Crippen LogP contribution in [-0.2, 0) is 11.3 Å². The topological polar surface area (TPSA) is 35.2 Å². The number of thiophene rings is 1. The van der Waals surface area contributed by atoms with E-state index in [9.17, 15) is 0 Å². The number of nitrogens with two attached hydrogens (primary N) is 1. The number of ether oxygens (including phenoxy) is 1. The first kappa shape index (κ1) is 12.6. The van der Waals surface area contributed by atoms with Crippen LogP contribution in [0.25, 0.3) is 0 Å². The van der Waals surface area contributed by atoms with Crippen molar-refractivity contribution in [3.05, 3.63) is 21.9 Å².